The zero-order valence-electron chi connectivity index (χ0n) is 41.6. The first-order valence-corrected chi connectivity index (χ1v) is 22.7. The highest BCUT2D eigenvalue weighted by Crippen LogP contribution is 2.66. The Morgan fingerprint density at radius 3 is 1.35 bits per heavy atom. The van der Waals surface area contributed by atoms with Gasteiger partial charge in [0.2, 0.25) is 0 Å². The summed E-state index contributed by atoms with van der Waals surface area (Å²) >= 11 is 0. The second kappa shape index (κ2) is 14.7. The molecule has 0 fully saturated rings. The van der Waals surface area contributed by atoms with E-state index in [1.165, 1.54) is 27.8 Å². The van der Waals surface area contributed by atoms with Crippen LogP contribution in [0.4, 0.5) is 34.1 Å². The van der Waals surface area contributed by atoms with Crippen molar-refractivity contribution >= 4 is 34.1 Å². The largest absolute Gasteiger partial charge is 0.310 e. The second-order valence-corrected chi connectivity index (χ2v) is 18.1. The monoisotopic (exact) mass is 847 g/mol. The number of fused-ring (bicyclic) bond motifs is 13. The zero-order valence-corrected chi connectivity index (χ0v) is 36.6. The smallest absolute Gasteiger partial charge is 0.0733 e. The van der Waals surface area contributed by atoms with E-state index in [9.17, 15) is 2.74 Å². The van der Waals surface area contributed by atoms with E-state index in [1.807, 2.05) is 41.3 Å². The predicted octanol–water partition coefficient (Wildman–Crippen LogP) is 16.9. The third-order valence-corrected chi connectivity index (χ3v) is 14.3. The lowest BCUT2D eigenvalue weighted by molar-refractivity contribution is 0.660. The fraction of sp³-hybridized carbons (Fsp3) is 0.0625. The lowest BCUT2D eigenvalue weighted by Gasteiger charge is -2.34. The molecule has 0 bridgehead atoms. The van der Waals surface area contributed by atoms with E-state index in [4.69, 9.17) is 4.11 Å². The second-order valence-electron chi connectivity index (χ2n) is 18.1. The highest BCUT2D eigenvalue weighted by atomic mass is 15.1. The molecule has 1 atom stereocenters. The standard InChI is InChI=1S/C64H46N2/c1-63(2)57-32-17-15-28-51(57)53-37-34-47(40-59(53)63)66(46-26-13-6-14-27-46)49-35-38-54-52-29-16-18-33-58(52)64(60(54)42-49)61-41-48(65(44-22-9-4-10-23-44)45-24-11-5-12-25-45)36-39-55(61)56-31-19-30-50(62(56)64)43-20-7-3-8-21-43/h3-42H,1-2H3/i4D,9D,10D,22D,23D. The van der Waals surface area contributed by atoms with E-state index >= 15 is 0 Å². The van der Waals surface area contributed by atoms with Crippen molar-refractivity contribution < 1.29 is 6.85 Å². The van der Waals surface area contributed by atoms with Crippen molar-refractivity contribution in [1.29, 1.82) is 0 Å². The van der Waals surface area contributed by atoms with Crippen molar-refractivity contribution in [3.05, 3.63) is 276 Å². The lowest BCUT2D eigenvalue weighted by atomic mass is 9.68. The summed E-state index contributed by atoms with van der Waals surface area (Å²) < 4.78 is 44.7. The maximum Gasteiger partial charge on any atom is 0.0733 e. The molecule has 1 unspecified atom stereocenters. The van der Waals surface area contributed by atoms with E-state index in [0.29, 0.717) is 11.4 Å². The van der Waals surface area contributed by atoms with Gasteiger partial charge in [-0.25, -0.2) is 0 Å². The van der Waals surface area contributed by atoms with Crippen LogP contribution in [0.1, 0.15) is 54.1 Å². The zero-order chi connectivity index (χ0) is 48.3. The first-order valence-electron chi connectivity index (χ1n) is 25.2. The Bertz CT molecular complexity index is 3790. The molecule has 10 aromatic rings. The van der Waals surface area contributed by atoms with Crippen LogP contribution < -0.4 is 9.80 Å². The van der Waals surface area contributed by atoms with E-state index in [-0.39, 0.29) is 35.3 Å². The Labute approximate surface area is 394 Å². The van der Waals surface area contributed by atoms with E-state index in [2.05, 4.69) is 195 Å². The highest BCUT2D eigenvalue weighted by molar-refractivity contribution is 6.01. The molecule has 0 saturated carbocycles. The maximum absolute atomic E-state index is 9.28. The van der Waals surface area contributed by atoms with Crippen molar-refractivity contribution in [2.24, 2.45) is 0 Å². The molecule has 13 rings (SSSR count). The summed E-state index contributed by atoms with van der Waals surface area (Å²) in [6.45, 7) is 4.66. The van der Waals surface area contributed by atoms with Crippen molar-refractivity contribution in [2.45, 2.75) is 24.7 Å². The predicted molar refractivity (Wildman–Crippen MR) is 275 cm³/mol. The van der Waals surface area contributed by atoms with E-state index in [0.717, 1.165) is 67.1 Å². The summed E-state index contributed by atoms with van der Waals surface area (Å²) in [5.74, 6) is 0. The van der Waals surface area contributed by atoms with Crippen LogP contribution in [0.25, 0.3) is 44.5 Å². The Morgan fingerprint density at radius 1 is 0.318 bits per heavy atom. The first kappa shape index (κ1) is 33.3. The lowest BCUT2D eigenvalue weighted by Crippen LogP contribution is -2.27. The molecule has 3 aliphatic carbocycles. The van der Waals surface area contributed by atoms with Crippen LogP contribution in [0, 0.1) is 0 Å². The Kier molecular flexibility index (Phi) is 7.41. The molecule has 66 heavy (non-hydrogen) atoms. The number of hydrogen-bond acceptors (Lipinski definition) is 2. The average Bonchev–Trinajstić information content (AvgIpc) is 3.97. The summed E-state index contributed by atoms with van der Waals surface area (Å²) in [6, 6.07) is 73.7. The summed E-state index contributed by atoms with van der Waals surface area (Å²) in [4.78, 5) is 4.22. The molecule has 10 aromatic carbocycles. The van der Waals surface area contributed by atoms with Crippen LogP contribution in [0.2, 0.25) is 0 Å². The van der Waals surface area contributed by atoms with Crippen LogP contribution in [0.15, 0.2) is 243 Å². The van der Waals surface area contributed by atoms with Crippen LogP contribution in [-0.4, -0.2) is 0 Å². The molecule has 0 aromatic heterocycles. The van der Waals surface area contributed by atoms with Gasteiger partial charge in [-0.3, -0.25) is 0 Å². The Hall–Kier alpha value is -8.20. The number of hydrogen-bond donors (Lipinski definition) is 0. The van der Waals surface area contributed by atoms with Gasteiger partial charge >= 0.3 is 0 Å². The summed E-state index contributed by atoms with van der Waals surface area (Å²) in [6.07, 6.45) is 0. The summed E-state index contributed by atoms with van der Waals surface area (Å²) in [7, 11) is 0. The van der Waals surface area contributed by atoms with Gasteiger partial charge in [0.05, 0.1) is 12.3 Å². The topological polar surface area (TPSA) is 6.48 Å². The number of para-hydroxylation sites is 3. The molecule has 0 saturated heterocycles. The third-order valence-electron chi connectivity index (χ3n) is 14.3. The van der Waals surface area contributed by atoms with Crippen LogP contribution in [0.3, 0.4) is 0 Å². The van der Waals surface area contributed by atoms with Crippen molar-refractivity contribution in [3.63, 3.8) is 0 Å². The van der Waals surface area contributed by atoms with Gasteiger partial charge in [0, 0.05) is 39.5 Å². The third kappa shape index (κ3) is 5.48. The molecule has 312 valence electrons. The van der Waals surface area contributed by atoms with E-state index in [1.54, 1.807) is 0 Å². The minimum atomic E-state index is -0.860. The van der Waals surface area contributed by atoms with Crippen LogP contribution in [0.5, 0.6) is 0 Å². The molecule has 0 aliphatic heterocycles. The average molecular weight is 848 g/mol. The molecule has 1 spiro atoms. The van der Waals surface area contributed by atoms with E-state index < -0.39 is 11.5 Å². The van der Waals surface area contributed by atoms with Crippen molar-refractivity contribution in [1.82, 2.24) is 0 Å². The molecule has 0 heterocycles. The first-order chi connectivity index (χ1) is 34.6. The minimum Gasteiger partial charge on any atom is -0.310 e. The SMILES string of the molecule is [2H]c1c([2H])c([2H])c(N(c2ccccc2)c2ccc3c(c2)C2(c4ccccc4-c4ccc(N(c5ccccc5)c5ccc6c(c5)C(C)(C)c5ccccc5-6)cc42)c2c(-c4ccccc4)cccc2-3)c([2H])c1[2H]. The number of anilines is 6. The van der Waals surface area contributed by atoms with Gasteiger partial charge in [0.1, 0.15) is 0 Å². The molecular weight excluding hydrogens is 797 g/mol. The number of nitrogens with zero attached hydrogens (tertiary/aromatic N) is 2. The summed E-state index contributed by atoms with van der Waals surface area (Å²) in [5.41, 5.74) is 19.9. The van der Waals surface area contributed by atoms with Gasteiger partial charge in [-0.15, -0.1) is 0 Å². The van der Waals surface area contributed by atoms with Gasteiger partial charge in [0.25, 0.3) is 0 Å². The normalized spacial score (nSPS) is 16.4. The Morgan fingerprint density at radius 2 is 0.742 bits per heavy atom. The molecule has 2 heteroatoms. The fourth-order valence-corrected chi connectivity index (χ4v) is 11.6. The van der Waals surface area contributed by atoms with Crippen molar-refractivity contribution in [2.75, 3.05) is 9.80 Å². The maximum atomic E-state index is 9.28. The van der Waals surface area contributed by atoms with Crippen LogP contribution >= 0.6 is 0 Å². The minimum absolute atomic E-state index is 0.0883. The fourth-order valence-electron chi connectivity index (χ4n) is 11.6. The highest BCUT2D eigenvalue weighted by Gasteiger charge is 2.53. The van der Waals surface area contributed by atoms with Gasteiger partial charge in [-0.05, 0) is 151 Å². The van der Waals surface area contributed by atoms with Gasteiger partial charge in [-0.2, -0.15) is 0 Å². The molecule has 0 N–H and O–H groups in total. The molecule has 0 amide bonds. The van der Waals surface area contributed by atoms with Gasteiger partial charge in [0.15, 0.2) is 0 Å². The van der Waals surface area contributed by atoms with Gasteiger partial charge < -0.3 is 9.80 Å². The molecular formula is C64H46N2. The van der Waals surface area contributed by atoms with Crippen LogP contribution in [-0.2, 0) is 10.8 Å². The van der Waals surface area contributed by atoms with Gasteiger partial charge in [-0.1, -0.05) is 184 Å². The number of benzene rings is 10. The molecule has 0 radical (unpaired) electrons. The quantitative estimate of drug-likeness (QED) is 0.158. The molecule has 2 nitrogen and oxygen atoms in total. The molecule has 3 aliphatic rings. The summed E-state index contributed by atoms with van der Waals surface area (Å²) in [5, 5.41) is 0. The Balaban J connectivity index is 1.11. The number of rotatable bonds is 7. The van der Waals surface area contributed by atoms with Crippen molar-refractivity contribution in [3.8, 4) is 44.5 Å².